The smallest absolute Gasteiger partial charge is 0.336 e. The highest BCUT2D eigenvalue weighted by Gasteiger charge is 2.44. The summed E-state index contributed by atoms with van der Waals surface area (Å²) >= 11 is 0. The second kappa shape index (κ2) is 15.8. The van der Waals surface area contributed by atoms with Crippen LogP contribution in [0, 0.1) is 5.92 Å². The predicted molar refractivity (Wildman–Crippen MR) is 161 cm³/mol. The van der Waals surface area contributed by atoms with Crippen LogP contribution in [0.1, 0.15) is 82.6 Å². The minimum Gasteiger partial charge on any atom is -0.493 e. The Labute approximate surface area is 249 Å². The van der Waals surface area contributed by atoms with E-state index in [0.29, 0.717) is 47.9 Å². The molecular formula is C32H47N3O7. The summed E-state index contributed by atoms with van der Waals surface area (Å²) in [4.78, 5) is 47.1. The van der Waals surface area contributed by atoms with Gasteiger partial charge in [-0.2, -0.15) is 0 Å². The lowest BCUT2D eigenvalue weighted by atomic mass is 9.75. The van der Waals surface area contributed by atoms with Crippen molar-refractivity contribution >= 4 is 23.6 Å². The highest BCUT2D eigenvalue weighted by atomic mass is 16.5. The molecule has 0 aliphatic carbocycles. The number of rotatable bonds is 13. The largest absolute Gasteiger partial charge is 0.493 e. The van der Waals surface area contributed by atoms with Crippen molar-refractivity contribution in [3.8, 4) is 5.75 Å². The fourth-order valence-corrected chi connectivity index (χ4v) is 5.86. The molecular weight excluding hydrogens is 538 g/mol. The molecule has 232 valence electrons. The van der Waals surface area contributed by atoms with Crippen LogP contribution in [0.4, 0.5) is 0 Å². The van der Waals surface area contributed by atoms with Crippen LogP contribution in [-0.4, -0.2) is 87.2 Å². The van der Waals surface area contributed by atoms with Gasteiger partial charge in [0.15, 0.2) is 0 Å². The molecule has 2 aliphatic heterocycles. The van der Waals surface area contributed by atoms with E-state index in [2.05, 4.69) is 10.3 Å². The van der Waals surface area contributed by atoms with Crippen LogP contribution >= 0.6 is 0 Å². The zero-order valence-electron chi connectivity index (χ0n) is 26.2. The first kappa shape index (κ1) is 33.3. The molecule has 42 heavy (non-hydrogen) atoms. The van der Waals surface area contributed by atoms with Gasteiger partial charge in [0.2, 0.25) is 0 Å². The zero-order chi connectivity index (χ0) is 30.8. The van der Waals surface area contributed by atoms with Gasteiger partial charge in [0.1, 0.15) is 11.7 Å². The molecule has 0 aromatic heterocycles. The number of hydrogen-bond donors (Lipinski definition) is 1. The average Bonchev–Trinajstić information content (AvgIpc) is 2.95. The van der Waals surface area contributed by atoms with E-state index in [-0.39, 0.29) is 36.8 Å². The van der Waals surface area contributed by atoms with Gasteiger partial charge in [0, 0.05) is 67.2 Å². The van der Waals surface area contributed by atoms with E-state index in [1.54, 1.807) is 53.0 Å². The van der Waals surface area contributed by atoms with Gasteiger partial charge in [0.25, 0.3) is 5.91 Å². The number of hydrogen-bond acceptors (Lipinski definition) is 9. The molecule has 0 saturated carbocycles. The molecule has 3 atom stereocenters. The van der Waals surface area contributed by atoms with E-state index < -0.39 is 23.8 Å². The maximum absolute atomic E-state index is 14.0. The maximum Gasteiger partial charge on any atom is 0.336 e. The van der Waals surface area contributed by atoms with Gasteiger partial charge < -0.3 is 29.2 Å². The minimum atomic E-state index is -0.864. The number of carbonyl (C=O) groups is 3. The molecule has 2 heterocycles. The van der Waals surface area contributed by atoms with Gasteiger partial charge in [0.05, 0.1) is 25.4 Å². The van der Waals surface area contributed by atoms with Crippen LogP contribution in [0.2, 0.25) is 0 Å². The quantitative estimate of drug-likeness (QED) is 0.270. The van der Waals surface area contributed by atoms with E-state index in [1.165, 1.54) is 0 Å². The van der Waals surface area contributed by atoms with Crippen molar-refractivity contribution in [2.75, 3.05) is 46.6 Å². The number of benzene rings is 1. The number of piperidine rings is 1. The fourth-order valence-electron chi connectivity index (χ4n) is 5.86. The molecule has 1 fully saturated rings. The lowest BCUT2D eigenvalue weighted by Gasteiger charge is -2.38. The minimum absolute atomic E-state index is 0.000419. The van der Waals surface area contributed by atoms with Crippen molar-refractivity contribution in [3.05, 3.63) is 40.6 Å². The van der Waals surface area contributed by atoms with Crippen LogP contribution < -0.4 is 10.1 Å². The Hall–Kier alpha value is -3.24. The van der Waals surface area contributed by atoms with E-state index in [9.17, 15) is 14.4 Å². The van der Waals surface area contributed by atoms with Crippen molar-refractivity contribution in [3.63, 3.8) is 0 Å². The summed E-state index contributed by atoms with van der Waals surface area (Å²) in [7, 11) is 1.62. The highest BCUT2D eigenvalue weighted by molar-refractivity contribution is 6.07. The normalized spacial score (nSPS) is 20.7. The molecule has 1 saturated heterocycles. The number of aliphatic imine (C=N–C) groups is 1. The van der Waals surface area contributed by atoms with Crippen molar-refractivity contribution < 1.29 is 33.3 Å². The third-order valence-corrected chi connectivity index (χ3v) is 7.67. The summed E-state index contributed by atoms with van der Waals surface area (Å²) in [6.07, 6.45) is 2.56. The third-order valence-electron chi connectivity index (χ3n) is 7.67. The van der Waals surface area contributed by atoms with Crippen molar-refractivity contribution in [2.45, 2.75) is 78.8 Å². The standard InChI is InChI=1S/C32H47N3O7/c1-8-40-31(37)27-21(5)34-22(6)28(32(38)41-9-2)29(27)25-14-13-23(18-26(25)42-17-11-16-39-7)30(36)35(20(3)4)24-12-10-15-33-19-24/h13-14,18,20,24,27,29,33H,8-12,15-17,19H2,1-7H3/t24-,27?,29?/m1/s1. The number of methoxy groups -OCH3 is 1. The first-order valence-electron chi connectivity index (χ1n) is 15.0. The van der Waals surface area contributed by atoms with Crippen molar-refractivity contribution in [1.82, 2.24) is 10.2 Å². The summed E-state index contributed by atoms with van der Waals surface area (Å²) in [6.45, 7) is 13.9. The number of carbonyl (C=O) groups excluding carboxylic acids is 3. The Bertz CT molecular complexity index is 1170. The molecule has 2 aliphatic rings. The molecule has 2 unspecified atom stereocenters. The van der Waals surface area contributed by atoms with E-state index in [1.807, 2.05) is 18.7 Å². The number of amides is 1. The van der Waals surface area contributed by atoms with Crippen molar-refractivity contribution in [1.29, 1.82) is 0 Å². The summed E-state index contributed by atoms with van der Waals surface area (Å²) in [5.74, 6) is -2.34. The Morgan fingerprint density at radius 1 is 1.10 bits per heavy atom. The van der Waals surface area contributed by atoms with Crippen LogP contribution in [-0.2, 0) is 23.8 Å². The van der Waals surface area contributed by atoms with Crippen molar-refractivity contribution in [2.24, 2.45) is 10.9 Å². The lowest BCUT2D eigenvalue weighted by Crippen LogP contribution is -2.51. The third kappa shape index (κ3) is 7.77. The predicted octanol–water partition coefficient (Wildman–Crippen LogP) is 4.28. The fraction of sp³-hybridized carbons (Fsp3) is 0.625. The molecule has 3 rings (SSSR count). The molecule has 1 amide bonds. The molecule has 1 aromatic carbocycles. The van der Waals surface area contributed by atoms with E-state index in [4.69, 9.17) is 18.9 Å². The SMILES string of the molecule is CCOC(=O)C1=C(C)N=C(C)C(C(=O)OCC)C1c1ccc(C(=O)N(C(C)C)[C@@H]2CCCNC2)cc1OCCCOC. The van der Waals surface area contributed by atoms with Gasteiger partial charge in [-0.15, -0.1) is 0 Å². The first-order chi connectivity index (χ1) is 20.2. The summed E-state index contributed by atoms with van der Waals surface area (Å²) in [6, 6.07) is 5.37. The number of nitrogens with zero attached hydrogens (tertiary/aromatic N) is 2. The highest BCUT2D eigenvalue weighted by Crippen LogP contribution is 2.44. The molecule has 10 nitrogen and oxygen atoms in total. The Morgan fingerprint density at radius 2 is 1.83 bits per heavy atom. The van der Waals surface area contributed by atoms with Gasteiger partial charge in [-0.3, -0.25) is 14.6 Å². The monoisotopic (exact) mass is 585 g/mol. The Morgan fingerprint density at radius 3 is 2.45 bits per heavy atom. The van der Waals surface area contributed by atoms with Gasteiger partial charge in [-0.25, -0.2) is 4.79 Å². The van der Waals surface area contributed by atoms with Crippen LogP contribution in [0.3, 0.4) is 0 Å². The second-order valence-corrected chi connectivity index (χ2v) is 10.9. The number of nitrogens with one attached hydrogen (secondary N) is 1. The topological polar surface area (TPSA) is 116 Å². The van der Waals surface area contributed by atoms with E-state index in [0.717, 1.165) is 25.9 Å². The van der Waals surface area contributed by atoms with Crippen LogP contribution in [0.15, 0.2) is 34.5 Å². The molecule has 0 radical (unpaired) electrons. The summed E-state index contributed by atoms with van der Waals surface area (Å²) in [5.41, 5.74) is 2.35. The molecule has 0 bridgehead atoms. The van der Waals surface area contributed by atoms with Gasteiger partial charge in [-0.05, 0) is 73.1 Å². The Balaban J connectivity index is 2.15. The maximum atomic E-state index is 14.0. The van der Waals surface area contributed by atoms with E-state index >= 15 is 0 Å². The van der Waals surface area contributed by atoms with Crippen LogP contribution in [0.25, 0.3) is 0 Å². The molecule has 10 heteroatoms. The van der Waals surface area contributed by atoms with Gasteiger partial charge in [-0.1, -0.05) is 6.07 Å². The number of ether oxygens (including phenoxy) is 4. The van der Waals surface area contributed by atoms with Crippen LogP contribution in [0.5, 0.6) is 5.75 Å². The summed E-state index contributed by atoms with van der Waals surface area (Å²) < 4.78 is 22.4. The number of esters is 2. The molecule has 1 aromatic rings. The lowest BCUT2D eigenvalue weighted by molar-refractivity contribution is -0.146. The number of allylic oxidation sites excluding steroid dienone is 1. The molecule has 1 N–H and O–H groups in total. The van der Waals surface area contributed by atoms with Gasteiger partial charge >= 0.3 is 11.9 Å². The zero-order valence-corrected chi connectivity index (χ0v) is 26.2. The second-order valence-electron chi connectivity index (χ2n) is 10.9. The Kier molecular flexibility index (Phi) is 12.5. The summed E-state index contributed by atoms with van der Waals surface area (Å²) in [5, 5.41) is 3.41. The first-order valence-corrected chi connectivity index (χ1v) is 15.0. The molecule has 0 spiro atoms. The average molecular weight is 586 g/mol.